The van der Waals surface area contributed by atoms with Crippen molar-refractivity contribution in [1.29, 1.82) is 0 Å². The number of rotatable bonds is 2. The molecule has 1 saturated heterocycles. The SMILES string of the molecule is C[C@@H]1CN(C(=O)O)CC[C@H]1Nc1ccc(F)cc1O. The fraction of sp³-hybridized carbons (Fsp3) is 0.462. The van der Waals surface area contributed by atoms with Crippen molar-refractivity contribution in [3.8, 4) is 5.75 Å². The molecule has 0 radical (unpaired) electrons. The molecule has 2 rings (SSSR count). The predicted octanol–water partition coefficient (Wildman–Crippen LogP) is 2.33. The summed E-state index contributed by atoms with van der Waals surface area (Å²) in [4.78, 5) is 12.3. The zero-order valence-corrected chi connectivity index (χ0v) is 10.6. The zero-order chi connectivity index (χ0) is 14.0. The topological polar surface area (TPSA) is 72.8 Å². The van der Waals surface area contributed by atoms with Crippen molar-refractivity contribution in [2.75, 3.05) is 18.4 Å². The summed E-state index contributed by atoms with van der Waals surface area (Å²) in [5.74, 6) is -0.501. The van der Waals surface area contributed by atoms with E-state index in [0.717, 1.165) is 6.07 Å². The number of piperidine rings is 1. The Morgan fingerprint density at radius 1 is 1.53 bits per heavy atom. The Hall–Kier alpha value is -1.98. The average molecular weight is 268 g/mol. The van der Waals surface area contributed by atoms with E-state index < -0.39 is 11.9 Å². The lowest BCUT2D eigenvalue weighted by Crippen LogP contribution is -2.47. The quantitative estimate of drug-likeness (QED) is 0.720. The van der Waals surface area contributed by atoms with Crippen LogP contribution in [0, 0.1) is 11.7 Å². The van der Waals surface area contributed by atoms with Crippen LogP contribution in [0.2, 0.25) is 0 Å². The first-order valence-electron chi connectivity index (χ1n) is 6.20. The third kappa shape index (κ3) is 3.07. The lowest BCUT2D eigenvalue weighted by Gasteiger charge is -2.36. The van der Waals surface area contributed by atoms with Gasteiger partial charge >= 0.3 is 6.09 Å². The van der Waals surface area contributed by atoms with Gasteiger partial charge in [-0.1, -0.05) is 6.92 Å². The van der Waals surface area contributed by atoms with Gasteiger partial charge in [0.05, 0.1) is 5.69 Å². The van der Waals surface area contributed by atoms with E-state index in [0.29, 0.717) is 25.2 Å². The second kappa shape index (κ2) is 5.34. The molecule has 0 bridgehead atoms. The molecule has 0 spiro atoms. The first-order chi connectivity index (χ1) is 8.97. The summed E-state index contributed by atoms with van der Waals surface area (Å²) in [5, 5.41) is 21.7. The fourth-order valence-corrected chi connectivity index (χ4v) is 2.36. The molecule has 1 amide bonds. The van der Waals surface area contributed by atoms with Gasteiger partial charge in [-0.3, -0.25) is 0 Å². The van der Waals surface area contributed by atoms with Crippen LogP contribution in [0.1, 0.15) is 13.3 Å². The van der Waals surface area contributed by atoms with E-state index in [9.17, 15) is 14.3 Å². The maximum absolute atomic E-state index is 12.9. The molecule has 1 aromatic carbocycles. The molecule has 1 heterocycles. The summed E-state index contributed by atoms with van der Waals surface area (Å²) in [5.41, 5.74) is 0.474. The summed E-state index contributed by atoms with van der Waals surface area (Å²) in [7, 11) is 0. The van der Waals surface area contributed by atoms with Crippen LogP contribution < -0.4 is 5.32 Å². The zero-order valence-electron chi connectivity index (χ0n) is 10.6. The van der Waals surface area contributed by atoms with Crippen LogP contribution in [0.5, 0.6) is 5.75 Å². The highest BCUT2D eigenvalue weighted by Crippen LogP contribution is 2.28. The van der Waals surface area contributed by atoms with Crippen LogP contribution >= 0.6 is 0 Å². The Bertz CT molecular complexity index is 481. The minimum Gasteiger partial charge on any atom is -0.506 e. The standard InChI is InChI=1S/C13H17FN2O3/c1-8-7-16(13(18)19)5-4-10(8)15-11-3-2-9(14)6-12(11)17/h2-3,6,8,10,15,17H,4-5,7H2,1H3,(H,18,19)/t8-,10-/m1/s1. The second-order valence-corrected chi connectivity index (χ2v) is 4.91. The number of halogens is 1. The van der Waals surface area contributed by atoms with Gasteiger partial charge in [0.1, 0.15) is 11.6 Å². The smallest absolute Gasteiger partial charge is 0.407 e. The molecule has 1 aromatic rings. The van der Waals surface area contributed by atoms with Gasteiger partial charge in [0, 0.05) is 25.2 Å². The third-order valence-corrected chi connectivity index (χ3v) is 3.48. The lowest BCUT2D eigenvalue weighted by atomic mass is 9.94. The van der Waals surface area contributed by atoms with Crippen molar-refractivity contribution in [1.82, 2.24) is 4.90 Å². The molecule has 1 aliphatic rings. The maximum atomic E-state index is 12.9. The Labute approximate surface area is 110 Å². The molecule has 0 aliphatic carbocycles. The number of phenolic OH excluding ortho intramolecular Hbond substituents is 1. The molecule has 2 atom stereocenters. The number of nitrogens with one attached hydrogen (secondary N) is 1. The van der Waals surface area contributed by atoms with Crippen molar-refractivity contribution in [2.24, 2.45) is 5.92 Å². The summed E-state index contributed by atoms with van der Waals surface area (Å²) in [6.07, 6.45) is -0.250. The largest absolute Gasteiger partial charge is 0.506 e. The molecular weight excluding hydrogens is 251 g/mol. The van der Waals surface area contributed by atoms with E-state index >= 15 is 0 Å². The van der Waals surface area contributed by atoms with Gasteiger partial charge in [-0.25, -0.2) is 9.18 Å². The van der Waals surface area contributed by atoms with Crippen molar-refractivity contribution in [3.05, 3.63) is 24.0 Å². The predicted molar refractivity (Wildman–Crippen MR) is 68.9 cm³/mol. The number of benzene rings is 1. The molecule has 3 N–H and O–H groups in total. The van der Waals surface area contributed by atoms with E-state index in [2.05, 4.69) is 5.32 Å². The van der Waals surface area contributed by atoms with Gasteiger partial charge < -0.3 is 20.4 Å². The van der Waals surface area contributed by atoms with Crippen molar-refractivity contribution < 1.29 is 19.4 Å². The molecule has 5 nitrogen and oxygen atoms in total. The number of hydrogen-bond acceptors (Lipinski definition) is 3. The highest BCUT2D eigenvalue weighted by Gasteiger charge is 2.28. The summed E-state index contributed by atoms with van der Waals surface area (Å²) in [6, 6.07) is 3.88. The highest BCUT2D eigenvalue weighted by atomic mass is 19.1. The van der Waals surface area contributed by atoms with E-state index in [-0.39, 0.29) is 17.7 Å². The molecule has 19 heavy (non-hydrogen) atoms. The molecule has 1 fully saturated rings. The molecule has 0 saturated carbocycles. The lowest BCUT2D eigenvalue weighted by molar-refractivity contribution is 0.119. The normalized spacial score (nSPS) is 23.2. The van der Waals surface area contributed by atoms with Gasteiger partial charge in [0.15, 0.2) is 0 Å². The van der Waals surface area contributed by atoms with E-state index in [1.165, 1.54) is 17.0 Å². The summed E-state index contributed by atoms with van der Waals surface area (Å²) < 4.78 is 12.9. The number of nitrogens with zero attached hydrogens (tertiary/aromatic N) is 1. The van der Waals surface area contributed by atoms with Gasteiger partial charge in [-0.2, -0.15) is 0 Å². The van der Waals surface area contributed by atoms with Crippen molar-refractivity contribution >= 4 is 11.8 Å². The number of carbonyl (C=O) groups is 1. The minimum absolute atomic E-state index is 0.0620. The van der Waals surface area contributed by atoms with Crippen molar-refractivity contribution in [3.63, 3.8) is 0 Å². The highest BCUT2D eigenvalue weighted by molar-refractivity contribution is 5.65. The van der Waals surface area contributed by atoms with Gasteiger partial charge in [-0.05, 0) is 24.5 Å². The van der Waals surface area contributed by atoms with Crippen LogP contribution in [0.4, 0.5) is 14.9 Å². The monoisotopic (exact) mass is 268 g/mol. The molecule has 6 heteroatoms. The van der Waals surface area contributed by atoms with Gasteiger partial charge in [0.2, 0.25) is 0 Å². The summed E-state index contributed by atoms with van der Waals surface area (Å²) in [6.45, 7) is 2.86. The molecule has 0 aromatic heterocycles. The van der Waals surface area contributed by atoms with Crippen LogP contribution in [-0.2, 0) is 0 Å². The first-order valence-corrected chi connectivity index (χ1v) is 6.20. The number of anilines is 1. The minimum atomic E-state index is -0.907. The van der Waals surface area contributed by atoms with Crippen LogP contribution in [0.3, 0.4) is 0 Å². The van der Waals surface area contributed by atoms with E-state index in [1.807, 2.05) is 6.92 Å². The molecular formula is C13H17FN2O3. The molecule has 104 valence electrons. The number of likely N-dealkylation sites (tertiary alicyclic amines) is 1. The molecule has 1 aliphatic heterocycles. The van der Waals surface area contributed by atoms with Crippen LogP contribution in [0.25, 0.3) is 0 Å². The van der Waals surface area contributed by atoms with Gasteiger partial charge in [0.25, 0.3) is 0 Å². The van der Waals surface area contributed by atoms with E-state index in [1.54, 1.807) is 0 Å². The first kappa shape index (κ1) is 13.5. The molecule has 0 unspecified atom stereocenters. The maximum Gasteiger partial charge on any atom is 0.407 e. The van der Waals surface area contributed by atoms with Crippen LogP contribution in [-0.4, -0.2) is 40.3 Å². The Morgan fingerprint density at radius 2 is 2.26 bits per heavy atom. The van der Waals surface area contributed by atoms with Crippen LogP contribution in [0.15, 0.2) is 18.2 Å². The number of carboxylic acid groups (broad SMARTS) is 1. The Balaban J connectivity index is 2.02. The van der Waals surface area contributed by atoms with E-state index in [4.69, 9.17) is 5.11 Å². The average Bonchev–Trinajstić information content (AvgIpc) is 2.34. The Kier molecular flexibility index (Phi) is 3.78. The number of hydrogen-bond donors (Lipinski definition) is 3. The second-order valence-electron chi connectivity index (χ2n) is 4.91. The fourth-order valence-electron chi connectivity index (χ4n) is 2.36. The number of amides is 1. The van der Waals surface area contributed by atoms with Gasteiger partial charge in [-0.15, -0.1) is 0 Å². The summed E-state index contributed by atoms with van der Waals surface area (Å²) >= 11 is 0. The number of phenols is 1. The third-order valence-electron chi connectivity index (χ3n) is 3.48. The Morgan fingerprint density at radius 3 is 2.84 bits per heavy atom. The van der Waals surface area contributed by atoms with Crippen molar-refractivity contribution in [2.45, 2.75) is 19.4 Å². The number of aromatic hydroxyl groups is 1.